The molecule has 1 aliphatic rings. The molecular formula is C13H19NO2. The highest BCUT2D eigenvalue weighted by molar-refractivity contribution is 5.55. The summed E-state index contributed by atoms with van der Waals surface area (Å²) in [5.74, 6) is 0. The lowest BCUT2D eigenvalue weighted by Crippen LogP contribution is -2.30. The largest absolute Gasteiger partial charge is 0.389 e. The lowest BCUT2D eigenvalue weighted by Gasteiger charge is -2.24. The molecule has 2 unspecified atom stereocenters. The van der Waals surface area contributed by atoms with E-state index in [1.54, 1.807) is 6.92 Å². The van der Waals surface area contributed by atoms with Crippen LogP contribution < -0.4 is 4.90 Å². The first kappa shape index (κ1) is 11.4. The van der Waals surface area contributed by atoms with Crippen LogP contribution in [0.5, 0.6) is 0 Å². The van der Waals surface area contributed by atoms with Crippen LogP contribution in [0.25, 0.3) is 0 Å². The zero-order valence-electron chi connectivity index (χ0n) is 9.85. The molecule has 2 rings (SSSR count). The molecule has 3 nitrogen and oxygen atoms in total. The minimum absolute atomic E-state index is 0.471. The van der Waals surface area contributed by atoms with Crippen LogP contribution in [0.2, 0.25) is 0 Å². The zero-order chi connectivity index (χ0) is 11.8. The normalized spacial score (nSPS) is 27.1. The molecule has 1 saturated heterocycles. The van der Waals surface area contributed by atoms with Crippen molar-refractivity contribution >= 4 is 5.69 Å². The van der Waals surface area contributed by atoms with Crippen LogP contribution in [0.1, 0.15) is 31.9 Å². The molecule has 2 atom stereocenters. The second-order valence-corrected chi connectivity index (χ2v) is 4.90. The smallest absolute Gasteiger partial charge is 0.0810 e. The molecule has 0 saturated carbocycles. The molecule has 3 heteroatoms. The van der Waals surface area contributed by atoms with Gasteiger partial charge in [-0.15, -0.1) is 0 Å². The van der Waals surface area contributed by atoms with Gasteiger partial charge in [-0.3, -0.25) is 0 Å². The van der Waals surface area contributed by atoms with Crippen molar-refractivity contribution in [3.05, 3.63) is 29.8 Å². The van der Waals surface area contributed by atoms with E-state index in [0.29, 0.717) is 6.54 Å². The third-order valence-corrected chi connectivity index (χ3v) is 3.18. The van der Waals surface area contributed by atoms with Crippen LogP contribution in [0.15, 0.2) is 24.3 Å². The summed E-state index contributed by atoms with van der Waals surface area (Å²) in [5, 5.41) is 19.7. The summed E-state index contributed by atoms with van der Waals surface area (Å²) < 4.78 is 0. The van der Waals surface area contributed by atoms with Gasteiger partial charge in [0.25, 0.3) is 0 Å². The summed E-state index contributed by atoms with van der Waals surface area (Å²) >= 11 is 0. The fourth-order valence-corrected chi connectivity index (χ4v) is 2.28. The summed E-state index contributed by atoms with van der Waals surface area (Å²) in [6.07, 6.45) is 0.308. The van der Waals surface area contributed by atoms with Crippen LogP contribution in [-0.2, 0) is 0 Å². The Hall–Kier alpha value is -1.06. The molecule has 1 heterocycles. The van der Waals surface area contributed by atoms with Gasteiger partial charge in [-0.25, -0.2) is 0 Å². The van der Waals surface area contributed by atoms with Gasteiger partial charge in [0.05, 0.1) is 11.7 Å². The van der Waals surface area contributed by atoms with Crippen LogP contribution >= 0.6 is 0 Å². The van der Waals surface area contributed by atoms with Crippen molar-refractivity contribution in [3.63, 3.8) is 0 Å². The maximum absolute atomic E-state index is 9.95. The van der Waals surface area contributed by atoms with Crippen LogP contribution in [0, 0.1) is 0 Å². The third-order valence-electron chi connectivity index (χ3n) is 3.18. The van der Waals surface area contributed by atoms with Gasteiger partial charge in [-0.1, -0.05) is 18.2 Å². The highest BCUT2D eigenvalue weighted by Crippen LogP contribution is 2.31. The quantitative estimate of drug-likeness (QED) is 0.799. The van der Waals surface area contributed by atoms with Crippen molar-refractivity contribution in [3.8, 4) is 0 Å². The molecule has 88 valence electrons. The number of aliphatic hydroxyl groups is 2. The predicted molar refractivity (Wildman–Crippen MR) is 64.5 cm³/mol. The van der Waals surface area contributed by atoms with Crippen LogP contribution in [-0.4, -0.2) is 28.9 Å². The molecule has 1 aromatic carbocycles. The number of aliphatic hydroxyl groups excluding tert-OH is 1. The second-order valence-electron chi connectivity index (χ2n) is 4.90. The maximum atomic E-state index is 9.95. The molecular weight excluding hydrogens is 202 g/mol. The summed E-state index contributed by atoms with van der Waals surface area (Å²) in [6.45, 7) is 5.11. The molecule has 0 spiro atoms. The minimum Gasteiger partial charge on any atom is -0.389 e. The molecule has 16 heavy (non-hydrogen) atoms. The molecule has 1 fully saturated rings. The minimum atomic E-state index is -0.605. The fraction of sp³-hybridized carbons (Fsp3) is 0.538. The monoisotopic (exact) mass is 221 g/mol. The lowest BCUT2D eigenvalue weighted by atomic mass is 10.1. The van der Waals surface area contributed by atoms with Crippen molar-refractivity contribution in [1.82, 2.24) is 0 Å². The number of benzene rings is 1. The summed E-state index contributed by atoms with van der Waals surface area (Å²) in [7, 11) is 0. The van der Waals surface area contributed by atoms with Crippen molar-refractivity contribution in [2.45, 2.75) is 32.0 Å². The lowest BCUT2D eigenvalue weighted by molar-refractivity contribution is 0.0839. The van der Waals surface area contributed by atoms with E-state index < -0.39 is 11.7 Å². The van der Waals surface area contributed by atoms with Gasteiger partial charge in [-0.2, -0.15) is 0 Å². The summed E-state index contributed by atoms with van der Waals surface area (Å²) in [5.41, 5.74) is 1.36. The number of β-amino-alcohol motifs (C(OH)–C–C–N with tert-alkyl or cyclic N) is 1. The van der Waals surface area contributed by atoms with Gasteiger partial charge in [-0.05, 0) is 26.3 Å². The Bertz CT molecular complexity index is 374. The predicted octanol–water partition coefficient (Wildman–Crippen LogP) is 1.70. The standard InChI is InChI=1S/C13H19NO2/c1-10(15)11-5-3-4-6-12(11)14-8-7-13(2,16)9-14/h3-6,10,15-16H,7-9H2,1-2H3. The van der Waals surface area contributed by atoms with Gasteiger partial charge in [0.15, 0.2) is 0 Å². The first-order valence-electron chi connectivity index (χ1n) is 5.74. The van der Waals surface area contributed by atoms with Gasteiger partial charge >= 0.3 is 0 Å². The molecule has 0 amide bonds. The van der Waals surface area contributed by atoms with Crippen LogP contribution in [0.3, 0.4) is 0 Å². The van der Waals surface area contributed by atoms with Gasteiger partial charge < -0.3 is 15.1 Å². The van der Waals surface area contributed by atoms with Gasteiger partial charge in [0, 0.05) is 24.3 Å². The number of rotatable bonds is 2. The number of anilines is 1. The van der Waals surface area contributed by atoms with Crippen molar-refractivity contribution in [2.24, 2.45) is 0 Å². The second kappa shape index (κ2) is 4.07. The van der Waals surface area contributed by atoms with E-state index in [-0.39, 0.29) is 0 Å². The first-order valence-corrected chi connectivity index (χ1v) is 5.74. The van der Waals surface area contributed by atoms with E-state index >= 15 is 0 Å². The van der Waals surface area contributed by atoms with E-state index in [9.17, 15) is 10.2 Å². The van der Waals surface area contributed by atoms with E-state index in [2.05, 4.69) is 4.90 Å². The summed E-state index contributed by atoms with van der Waals surface area (Å²) in [6, 6.07) is 7.84. The molecule has 1 aliphatic heterocycles. The Morgan fingerprint density at radius 2 is 2.06 bits per heavy atom. The molecule has 0 bridgehead atoms. The molecule has 2 N–H and O–H groups in total. The Balaban J connectivity index is 2.28. The van der Waals surface area contributed by atoms with Gasteiger partial charge in [0.2, 0.25) is 0 Å². The molecule has 0 aromatic heterocycles. The number of hydrogen-bond acceptors (Lipinski definition) is 3. The zero-order valence-corrected chi connectivity index (χ0v) is 9.85. The van der Waals surface area contributed by atoms with E-state index in [4.69, 9.17) is 0 Å². The van der Waals surface area contributed by atoms with E-state index in [1.807, 2.05) is 31.2 Å². The maximum Gasteiger partial charge on any atom is 0.0810 e. The van der Waals surface area contributed by atoms with E-state index in [0.717, 1.165) is 24.2 Å². The SMILES string of the molecule is CC(O)c1ccccc1N1CCC(C)(O)C1. The number of hydrogen-bond donors (Lipinski definition) is 2. The van der Waals surface area contributed by atoms with Crippen molar-refractivity contribution < 1.29 is 10.2 Å². The Morgan fingerprint density at radius 3 is 2.62 bits per heavy atom. The van der Waals surface area contributed by atoms with Crippen LogP contribution in [0.4, 0.5) is 5.69 Å². The summed E-state index contributed by atoms with van der Waals surface area (Å²) in [4.78, 5) is 2.14. The highest BCUT2D eigenvalue weighted by atomic mass is 16.3. The van der Waals surface area contributed by atoms with E-state index in [1.165, 1.54) is 0 Å². The van der Waals surface area contributed by atoms with Crippen molar-refractivity contribution in [2.75, 3.05) is 18.0 Å². The average Bonchev–Trinajstić information content (AvgIpc) is 2.59. The number of para-hydroxylation sites is 1. The third kappa shape index (κ3) is 2.20. The Kier molecular flexibility index (Phi) is 2.91. The van der Waals surface area contributed by atoms with Crippen molar-refractivity contribution in [1.29, 1.82) is 0 Å². The Labute approximate surface area is 96.3 Å². The topological polar surface area (TPSA) is 43.7 Å². The molecule has 1 aromatic rings. The fourth-order valence-electron chi connectivity index (χ4n) is 2.28. The number of nitrogens with zero attached hydrogens (tertiary/aromatic N) is 1. The molecule has 0 radical (unpaired) electrons. The van der Waals surface area contributed by atoms with Gasteiger partial charge in [0.1, 0.15) is 0 Å². The average molecular weight is 221 g/mol. The Morgan fingerprint density at radius 1 is 1.38 bits per heavy atom. The highest BCUT2D eigenvalue weighted by Gasteiger charge is 2.32. The first-order chi connectivity index (χ1) is 7.49. The molecule has 0 aliphatic carbocycles.